The van der Waals surface area contributed by atoms with Crippen molar-refractivity contribution >= 4 is 34.6 Å². The standard InChI is InChI=1S/C17H19N3OS2/c1-11(23-16-19-18-10-22-16)14(21)9-15-17(2,3)12-7-5-6-8-13(12)20(15)4/h5-11H,1-4H3/b15-9+. The summed E-state index contributed by atoms with van der Waals surface area (Å²) in [4.78, 5) is 14.8. The minimum atomic E-state index is -0.177. The second-order valence-electron chi connectivity index (χ2n) is 6.10. The first kappa shape index (κ1) is 16.2. The fourth-order valence-corrected chi connectivity index (χ4v) is 4.58. The Kier molecular flexibility index (Phi) is 4.29. The minimum Gasteiger partial charge on any atom is -0.347 e. The van der Waals surface area contributed by atoms with E-state index in [-0.39, 0.29) is 16.4 Å². The molecule has 3 rings (SSSR count). The number of carbonyl (C=O) groups excluding carboxylic acids is 1. The Morgan fingerprint density at radius 3 is 2.78 bits per heavy atom. The first-order valence-electron chi connectivity index (χ1n) is 7.43. The van der Waals surface area contributed by atoms with Crippen LogP contribution in [0.25, 0.3) is 0 Å². The molecule has 2 heterocycles. The molecule has 23 heavy (non-hydrogen) atoms. The van der Waals surface area contributed by atoms with E-state index in [0.717, 1.165) is 10.0 Å². The molecule has 6 heteroatoms. The third kappa shape index (κ3) is 2.93. The van der Waals surface area contributed by atoms with Crippen LogP contribution < -0.4 is 4.90 Å². The lowest BCUT2D eigenvalue weighted by Crippen LogP contribution is -2.25. The SMILES string of the molecule is CC(Sc1nncs1)C(=O)/C=C1/N(C)c2ccccc2C1(C)C. The summed E-state index contributed by atoms with van der Waals surface area (Å²) in [6, 6.07) is 8.32. The molecule has 0 saturated carbocycles. The molecular formula is C17H19N3OS2. The van der Waals surface area contributed by atoms with E-state index in [0.29, 0.717) is 0 Å². The fraction of sp³-hybridized carbons (Fsp3) is 0.353. The van der Waals surface area contributed by atoms with Gasteiger partial charge in [0.25, 0.3) is 0 Å². The summed E-state index contributed by atoms with van der Waals surface area (Å²) in [6.45, 7) is 6.24. The molecule has 4 nitrogen and oxygen atoms in total. The van der Waals surface area contributed by atoms with Crippen molar-refractivity contribution in [2.24, 2.45) is 0 Å². The molecule has 2 aromatic rings. The summed E-state index contributed by atoms with van der Waals surface area (Å²) in [7, 11) is 2.02. The van der Waals surface area contributed by atoms with Crippen molar-refractivity contribution in [1.82, 2.24) is 10.2 Å². The van der Waals surface area contributed by atoms with Gasteiger partial charge in [-0.1, -0.05) is 55.1 Å². The number of hydrogen-bond donors (Lipinski definition) is 0. The van der Waals surface area contributed by atoms with Crippen LogP contribution in [0.5, 0.6) is 0 Å². The lowest BCUT2D eigenvalue weighted by atomic mass is 9.83. The van der Waals surface area contributed by atoms with Gasteiger partial charge in [-0.2, -0.15) is 0 Å². The van der Waals surface area contributed by atoms with Crippen LogP contribution in [0.3, 0.4) is 0 Å². The maximum atomic E-state index is 12.6. The molecule has 0 aliphatic carbocycles. The third-order valence-electron chi connectivity index (χ3n) is 4.24. The second kappa shape index (κ2) is 6.09. The highest BCUT2D eigenvalue weighted by molar-refractivity contribution is 8.02. The van der Waals surface area contributed by atoms with Crippen LogP contribution >= 0.6 is 23.1 Å². The van der Waals surface area contributed by atoms with Crippen molar-refractivity contribution in [1.29, 1.82) is 0 Å². The molecular weight excluding hydrogens is 326 g/mol. The summed E-state index contributed by atoms with van der Waals surface area (Å²) in [6.07, 6.45) is 1.79. The maximum Gasteiger partial charge on any atom is 0.174 e. The number of carbonyl (C=O) groups is 1. The van der Waals surface area contributed by atoms with Gasteiger partial charge >= 0.3 is 0 Å². The van der Waals surface area contributed by atoms with Crippen molar-refractivity contribution in [3.8, 4) is 0 Å². The highest BCUT2D eigenvalue weighted by atomic mass is 32.2. The number of thioether (sulfide) groups is 1. The van der Waals surface area contributed by atoms with Crippen molar-refractivity contribution in [2.45, 2.75) is 35.8 Å². The van der Waals surface area contributed by atoms with Gasteiger partial charge in [0.2, 0.25) is 0 Å². The average Bonchev–Trinajstić information content (AvgIpc) is 3.09. The van der Waals surface area contributed by atoms with E-state index in [1.807, 2.05) is 26.1 Å². The van der Waals surface area contributed by atoms with Crippen LogP contribution in [0.1, 0.15) is 26.3 Å². The lowest BCUT2D eigenvalue weighted by Gasteiger charge is -2.24. The van der Waals surface area contributed by atoms with E-state index in [1.165, 1.54) is 34.3 Å². The first-order valence-corrected chi connectivity index (χ1v) is 9.19. The van der Waals surface area contributed by atoms with Crippen molar-refractivity contribution in [3.63, 3.8) is 0 Å². The van der Waals surface area contributed by atoms with Crippen molar-refractivity contribution in [3.05, 3.63) is 47.1 Å². The summed E-state index contributed by atoms with van der Waals surface area (Å²) < 4.78 is 0.826. The van der Waals surface area contributed by atoms with Gasteiger partial charge in [-0.15, -0.1) is 10.2 Å². The van der Waals surface area contributed by atoms with Gasteiger partial charge in [-0.05, 0) is 18.6 Å². The Labute approximate surface area is 144 Å². The number of rotatable bonds is 4. The topological polar surface area (TPSA) is 46.1 Å². The van der Waals surface area contributed by atoms with Gasteiger partial charge in [0.1, 0.15) is 5.51 Å². The van der Waals surface area contributed by atoms with E-state index in [2.05, 4.69) is 41.1 Å². The van der Waals surface area contributed by atoms with Crippen LogP contribution in [-0.4, -0.2) is 28.3 Å². The molecule has 1 unspecified atom stereocenters. The quantitative estimate of drug-likeness (QED) is 0.621. The van der Waals surface area contributed by atoms with E-state index in [4.69, 9.17) is 0 Å². The number of ketones is 1. The number of likely N-dealkylation sites (N-methyl/N-ethyl adjacent to an activating group) is 1. The molecule has 1 aliphatic heterocycles. The number of para-hydroxylation sites is 1. The monoisotopic (exact) mass is 345 g/mol. The third-order valence-corrected chi connectivity index (χ3v) is 6.17. The predicted molar refractivity (Wildman–Crippen MR) is 96.2 cm³/mol. The van der Waals surface area contributed by atoms with Crippen molar-refractivity contribution in [2.75, 3.05) is 11.9 Å². The van der Waals surface area contributed by atoms with E-state index in [9.17, 15) is 4.79 Å². The Morgan fingerprint density at radius 1 is 1.39 bits per heavy atom. The molecule has 1 aromatic carbocycles. The molecule has 0 N–H and O–H groups in total. The number of allylic oxidation sites excluding steroid dienone is 2. The van der Waals surface area contributed by atoms with E-state index in [1.54, 1.807) is 11.6 Å². The summed E-state index contributed by atoms with van der Waals surface area (Å²) >= 11 is 2.92. The van der Waals surface area contributed by atoms with Gasteiger partial charge in [0.05, 0.1) is 5.25 Å². The second-order valence-corrected chi connectivity index (χ2v) is 8.52. The van der Waals surface area contributed by atoms with Gasteiger partial charge < -0.3 is 4.90 Å². The molecule has 1 aromatic heterocycles. The zero-order chi connectivity index (χ0) is 16.6. The molecule has 0 amide bonds. The lowest BCUT2D eigenvalue weighted by molar-refractivity contribution is -0.113. The maximum absolute atomic E-state index is 12.6. The van der Waals surface area contributed by atoms with Gasteiger partial charge in [0, 0.05) is 29.9 Å². The van der Waals surface area contributed by atoms with Crippen LogP contribution in [0.4, 0.5) is 5.69 Å². The van der Waals surface area contributed by atoms with Crippen LogP contribution in [0.2, 0.25) is 0 Å². The number of anilines is 1. The zero-order valence-electron chi connectivity index (χ0n) is 13.6. The highest BCUT2D eigenvalue weighted by Crippen LogP contribution is 2.46. The smallest absolute Gasteiger partial charge is 0.174 e. The van der Waals surface area contributed by atoms with Gasteiger partial charge in [-0.25, -0.2) is 0 Å². The highest BCUT2D eigenvalue weighted by Gasteiger charge is 2.38. The largest absolute Gasteiger partial charge is 0.347 e. The Bertz CT molecular complexity index is 753. The number of benzene rings is 1. The number of fused-ring (bicyclic) bond motifs is 1. The Morgan fingerprint density at radius 2 is 2.13 bits per heavy atom. The summed E-state index contributed by atoms with van der Waals surface area (Å²) in [5, 5.41) is 7.63. The van der Waals surface area contributed by atoms with Gasteiger partial charge in [-0.3, -0.25) is 4.79 Å². The number of hydrogen-bond acceptors (Lipinski definition) is 6. The normalized spacial score (nSPS) is 19.0. The summed E-state index contributed by atoms with van der Waals surface area (Å²) in [5.41, 5.74) is 4.97. The molecule has 1 atom stereocenters. The molecule has 0 radical (unpaired) electrons. The minimum absolute atomic E-state index is 0.105. The zero-order valence-corrected chi connectivity index (χ0v) is 15.2. The Balaban J connectivity index is 1.86. The molecule has 0 bridgehead atoms. The van der Waals surface area contributed by atoms with Crippen LogP contribution in [0, 0.1) is 0 Å². The molecule has 120 valence electrons. The average molecular weight is 345 g/mol. The summed E-state index contributed by atoms with van der Waals surface area (Å²) in [5.74, 6) is 0.105. The van der Waals surface area contributed by atoms with E-state index < -0.39 is 0 Å². The molecule has 1 aliphatic rings. The first-order chi connectivity index (χ1) is 10.9. The van der Waals surface area contributed by atoms with Crippen LogP contribution in [0.15, 0.2) is 45.9 Å². The number of nitrogens with zero attached hydrogens (tertiary/aromatic N) is 3. The molecule has 0 spiro atoms. The molecule has 0 fully saturated rings. The molecule has 0 saturated heterocycles. The predicted octanol–water partition coefficient (Wildman–Crippen LogP) is 3.90. The van der Waals surface area contributed by atoms with Crippen LogP contribution in [-0.2, 0) is 10.2 Å². The van der Waals surface area contributed by atoms with Crippen molar-refractivity contribution < 1.29 is 4.79 Å². The Hall–Kier alpha value is -1.66. The fourth-order valence-electron chi connectivity index (χ4n) is 2.93. The number of aromatic nitrogens is 2. The van der Waals surface area contributed by atoms with Gasteiger partial charge in [0.15, 0.2) is 10.1 Å². The van der Waals surface area contributed by atoms with E-state index >= 15 is 0 Å².